The highest BCUT2D eigenvalue weighted by molar-refractivity contribution is 9.10. The molecule has 0 aliphatic heterocycles. The van der Waals surface area contributed by atoms with Crippen LogP contribution in [0.2, 0.25) is 0 Å². The standard InChI is InChI=1S/C16H13BrN2O2/c17-11-2-3-12-9(1-4-14(18)20)7-10-5-6-19-16(21)15(10)13(12)8-11/h2-3,5-8H,1,4H2,(H2,18,20)(H,19,21). The van der Waals surface area contributed by atoms with Gasteiger partial charge in [-0.1, -0.05) is 28.1 Å². The second-order valence-electron chi connectivity index (χ2n) is 4.96. The summed E-state index contributed by atoms with van der Waals surface area (Å²) in [6.07, 6.45) is 2.49. The Morgan fingerprint density at radius 1 is 1.19 bits per heavy atom. The number of nitrogens with two attached hydrogens (primary N) is 1. The molecule has 1 amide bonds. The Labute approximate surface area is 129 Å². The van der Waals surface area contributed by atoms with E-state index in [9.17, 15) is 9.59 Å². The fourth-order valence-electron chi connectivity index (χ4n) is 2.63. The number of benzene rings is 2. The number of nitrogens with one attached hydrogen (secondary N) is 1. The average Bonchev–Trinajstić information content (AvgIpc) is 2.44. The largest absolute Gasteiger partial charge is 0.370 e. The zero-order valence-electron chi connectivity index (χ0n) is 11.2. The maximum absolute atomic E-state index is 12.1. The van der Waals surface area contributed by atoms with Gasteiger partial charge in [0.1, 0.15) is 0 Å². The topological polar surface area (TPSA) is 76.0 Å². The number of hydrogen-bond donors (Lipinski definition) is 2. The van der Waals surface area contributed by atoms with E-state index in [0.717, 1.165) is 26.2 Å². The van der Waals surface area contributed by atoms with Gasteiger partial charge in [-0.05, 0) is 46.3 Å². The van der Waals surface area contributed by atoms with Crippen molar-refractivity contribution in [3.8, 4) is 0 Å². The molecular weight excluding hydrogens is 332 g/mol. The molecule has 5 heteroatoms. The van der Waals surface area contributed by atoms with Crippen molar-refractivity contribution in [1.29, 1.82) is 0 Å². The first-order chi connectivity index (χ1) is 10.1. The number of primary amides is 1. The third-order valence-corrected chi connectivity index (χ3v) is 4.05. The number of carbonyl (C=O) groups excluding carboxylic acids is 1. The quantitative estimate of drug-likeness (QED) is 0.716. The van der Waals surface area contributed by atoms with Gasteiger partial charge in [0.25, 0.3) is 5.56 Å². The van der Waals surface area contributed by atoms with Gasteiger partial charge in [0.05, 0.1) is 5.39 Å². The summed E-state index contributed by atoms with van der Waals surface area (Å²) in [5.41, 5.74) is 6.15. The van der Waals surface area contributed by atoms with Gasteiger partial charge in [0, 0.05) is 17.1 Å². The van der Waals surface area contributed by atoms with Crippen LogP contribution in [0.5, 0.6) is 0 Å². The molecule has 0 saturated carbocycles. The minimum absolute atomic E-state index is 0.114. The number of halogens is 1. The summed E-state index contributed by atoms with van der Waals surface area (Å²) < 4.78 is 0.909. The van der Waals surface area contributed by atoms with Crippen molar-refractivity contribution in [2.24, 2.45) is 5.73 Å². The minimum atomic E-state index is -0.328. The van der Waals surface area contributed by atoms with E-state index in [4.69, 9.17) is 5.73 Å². The van der Waals surface area contributed by atoms with Gasteiger partial charge in [-0.25, -0.2) is 0 Å². The number of rotatable bonds is 3. The van der Waals surface area contributed by atoms with E-state index in [2.05, 4.69) is 20.9 Å². The van der Waals surface area contributed by atoms with Crippen molar-refractivity contribution in [3.63, 3.8) is 0 Å². The molecule has 2 aromatic carbocycles. The summed E-state index contributed by atoms with van der Waals surface area (Å²) in [4.78, 5) is 25.9. The van der Waals surface area contributed by atoms with Crippen LogP contribution in [-0.2, 0) is 11.2 Å². The second-order valence-corrected chi connectivity index (χ2v) is 5.88. The number of fused-ring (bicyclic) bond motifs is 3. The minimum Gasteiger partial charge on any atom is -0.370 e. The molecule has 0 saturated heterocycles. The van der Waals surface area contributed by atoms with Gasteiger partial charge < -0.3 is 10.7 Å². The number of aromatic amines is 1. The molecule has 21 heavy (non-hydrogen) atoms. The van der Waals surface area contributed by atoms with Crippen LogP contribution in [0.1, 0.15) is 12.0 Å². The highest BCUT2D eigenvalue weighted by atomic mass is 79.9. The molecule has 106 valence electrons. The van der Waals surface area contributed by atoms with Gasteiger partial charge in [-0.3, -0.25) is 9.59 Å². The fraction of sp³-hybridized carbons (Fsp3) is 0.125. The first kappa shape index (κ1) is 13.8. The van der Waals surface area contributed by atoms with Crippen molar-refractivity contribution >= 4 is 43.4 Å². The summed E-state index contributed by atoms with van der Waals surface area (Å²) in [5, 5.41) is 3.38. The third kappa shape index (κ3) is 2.56. The number of hydrogen-bond acceptors (Lipinski definition) is 2. The van der Waals surface area contributed by atoms with Crippen molar-refractivity contribution in [1.82, 2.24) is 4.98 Å². The Bertz CT molecular complexity index is 915. The lowest BCUT2D eigenvalue weighted by Gasteiger charge is -2.10. The predicted molar refractivity (Wildman–Crippen MR) is 87.3 cm³/mol. The Hall–Kier alpha value is -2.14. The van der Waals surface area contributed by atoms with Crippen molar-refractivity contribution in [3.05, 3.63) is 56.9 Å². The Morgan fingerprint density at radius 3 is 2.76 bits per heavy atom. The lowest BCUT2D eigenvalue weighted by Crippen LogP contribution is -2.11. The maximum Gasteiger partial charge on any atom is 0.256 e. The van der Waals surface area contributed by atoms with E-state index in [-0.39, 0.29) is 11.5 Å². The molecule has 4 nitrogen and oxygen atoms in total. The van der Waals surface area contributed by atoms with Crippen LogP contribution in [0.15, 0.2) is 45.8 Å². The fourth-order valence-corrected chi connectivity index (χ4v) is 2.99. The molecule has 3 N–H and O–H groups in total. The van der Waals surface area contributed by atoms with Crippen LogP contribution >= 0.6 is 15.9 Å². The highest BCUT2D eigenvalue weighted by Crippen LogP contribution is 2.29. The normalized spacial score (nSPS) is 11.1. The number of aromatic nitrogens is 1. The molecule has 1 aromatic heterocycles. The van der Waals surface area contributed by atoms with Gasteiger partial charge >= 0.3 is 0 Å². The lowest BCUT2D eigenvalue weighted by molar-refractivity contribution is -0.117. The van der Waals surface area contributed by atoms with Crippen LogP contribution in [0.25, 0.3) is 21.5 Å². The summed E-state index contributed by atoms with van der Waals surface area (Å²) >= 11 is 3.44. The highest BCUT2D eigenvalue weighted by Gasteiger charge is 2.10. The first-order valence-corrected chi connectivity index (χ1v) is 7.36. The van der Waals surface area contributed by atoms with Crippen LogP contribution in [-0.4, -0.2) is 10.9 Å². The SMILES string of the molecule is NC(=O)CCc1cc2cc[nH]c(=O)c2c2cc(Br)ccc12. The smallest absolute Gasteiger partial charge is 0.256 e. The molecule has 0 unspecified atom stereocenters. The lowest BCUT2D eigenvalue weighted by atomic mass is 9.96. The summed E-state index contributed by atoms with van der Waals surface area (Å²) in [7, 11) is 0. The van der Waals surface area contributed by atoms with Gasteiger partial charge in [0.2, 0.25) is 5.91 Å². The first-order valence-electron chi connectivity index (χ1n) is 6.57. The van der Waals surface area contributed by atoms with E-state index >= 15 is 0 Å². The predicted octanol–water partition coefficient (Wildman–Crippen LogP) is 2.86. The Kier molecular flexibility index (Phi) is 3.51. The van der Waals surface area contributed by atoms with Crippen LogP contribution in [0.4, 0.5) is 0 Å². The molecule has 0 atom stereocenters. The van der Waals surface area contributed by atoms with E-state index in [0.29, 0.717) is 18.2 Å². The Morgan fingerprint density at radius 2 is 2.00 bits per heavy atom. The number of amides is 1. The van der Waals surface area contributed by atoms with Gasteiger partial charge in [-0.15, -0.1) is 0 Å². The van der Waals surface area contributed by atoms with Crippen molar-refractivity contribution in [2.75, 3.05) is 0 Å². The average molecular weight is 345 g/mol. The van der Waals surface area contributed by atoms with E-state index in [1.54, 1.807) is 6.20 Å². The van der Waals surface area contributed by atoms with Gasteiger partial charge in [0.15, 0.2) is 0 Å². The molecule has 3 aromatic rings. The molecule has 3 rings (SSSR count). The van der Waals surface area contributed by atoms with E-state index < -0.39 is 0 Å². The van der Waals surface area contributed by atoms with Crippen LogP contribution in [0, 0.1) is 0 Å². The zero-order valence-corrected chi connectivity index (χ0v) is 12.7. The van der Waals surface area contributed by atoms with Crippen molar-refractivity contribution < 1.29 is 4.79 Å². The van der Waals surface area contributed by atoms with E-state index in [1.165, 1.54) is 0 Å². The molecule has 0 bridgehead atoms. The summed E-state index contributed by atoms with van der Waals surface area (Å²) in [6, 6.07) is 9.65. The molecule has 0 spiro atoms. The number of pyridine rings is 1. The third-order valence-electron chi connectivity index (χ3n) is 3.56. The van der Waals surface area contributed by atoms with E-state index in [1.807, 2.05) is 30.3 Å². The number of H-pyrrole nitrogens is 1. The summed E-state index contributed by atoms with van der Waals surface area (Å²) in [5.74, 6) is -0.328. The monoisotopic (exact) mass is 344 g/mol. The molecular formula is C16H13BrN2O2. The molecule has 0 radical (unpaired) electrons. The molecule has 1 heterocycles. The molecule has 0 fully saturated rings. The van der Waals surface area contributed by atoms with Gasteiger partial charge in [-0.2, -0.15) is 0 Å². The van der Waals surface area contributed by atoms with Crippen molar-refractivity contribution in [2.45, 2.75) is 12.8 Å². The summed E-state index contributed by atoms with van der Waals surface area (Å²) in [6.45, 7) is 0. The number of carbonyl (C=O) groups is 1. The second kappa shape index (κ2) is 5.33. The zero-order chi connectivity index (χ0) is 15.0. The molecule has 0 aliphatic rings. The Balaban J connectivity index is 2.37. The van der Waals surface area contributed by atoms with Crippen LogP contribution < -0.4 is 11.3 Å². The molecule has 0 aliphatic carbocycles. The maximum atomic E-state index is 12.1. The van der Waals surface area contributed by atoms with Crippen LogP contribution in [0.3, 0.4) is 0 Å². The number of aryl methyl sites for hydroxylation is 1.